The van der Waals surface area contributed by atoms with Gasteiger partial charge in [0.25, 0.3) is 12.7 Å². The summed E-state index contributed by atoms with van der Waals surface area (Å²) < 4.78 is 62.9. The maximum absolute atomic E-state index is 6.56. The SMILES string of the molecule is CO[Si](CCN1CCN(C)CC1)(OC)O[Si](CCN1CCN(C)CC1)(OC)OC.CO[Si](CC[n+]1cncnc1)(OC)O[Si](CC[n+]1cncnc1)(OC)OC. The van der Waals surface area contributed by atoms with E-state index in [4.69, 9.17) is 43.6 Å². The Morgan fingerprint density at radius 1 is 0.429 bits per heavy atom. The van der Waals surface area contributed by atoms with E-state index in [0.29, 0.717) is 25.2 Å². The maximum Gasteiger partial charge on any atom is 0.496 e. The molecule has 2 aliphatic heterocycles. The van der Waals surface area contributed by atoms with Crippen LogP contribution in [0.5, 0.6) is 0 Å². The minimum Gasteiger partial charge on any atom is -0.377 e. The lowest BCUT2D eigenvalue weighted by atomic mass is 10.3. The Balaban J connectivity index is 0.000000301. The van der Waals surface area contributed by atoms with E-state index in [0.717, 1.165) is 77.5 Å². The first kappa shape index (κ1) is 48.7. The van der Waals surface area contributed by atoms with E-state index in [9.17, 15) is 0 Å². The zero-order valence-corrected chi connectivity index (χ0v) is 39.3. The average molecular weight is 865 g/mol. The van der Waals surface area contributed by atoms with Crippen molar-refractivity contribution in [1.29, 1.82) is 0 Å². The average Bonchev–Trinajstić information content (AvgIpc) is 3.26. The van der Waals surface area contributed by atoms with Crippen molar-refractivity contribution in [2.45, 2.75) is 37.3 Å². The molecule has 320 valence electrons. The lowest BCUT2D eigenvalue weighted by Crippen LogP contribution is -2.59. The Morgan fingerprint density at radius 2 is 0.696 bits per heavy atom. The number of hydrogen-bond donors (Lipinski definition) is 0. The van der Waals surface area contributed by atoms with E-state index in [1.807, 2.05) is 9.13 Å². The van der Waals surface area contributed by atoms with Gasteiger partial charge in [0, 0.05) is 147 Å². The second kappa shape index (κ2) is 25.1. The van der Waals surface area contributed by atoms with Crippen LogP contribution in [0.25, 0.3) is 0 Å². The topological polar surface area (TPSA) is 165 Å². The van der Waals surface area contributed by atoms with E-state index in [2.05, 4.69) is 53.6 Å². The molecule has 0 aromatic carbocycles. The highest BCUT2D eigenvalue weighted by atomic mass is 28.5. The zero-order valence-electron chi connectivity index (χ0n) is 35.3. The fourth-order valence-corrected chi connectivity index (χ4v) is 18.9. The Labute approximate surface area is 338 Å². The second-order valence-corrected chi connectivity index (χ2v) is 26.0. The first-order valence-electron chi connectivity index (χ1n) is 18.9. The van der Waals surface area contributed by atoms with Crippen LogP contribution in [-0.2, 0) is 56.7 Å². The van der Waals surface area contributed by atoms with Crippen LogP contribution in [0.15, 0.2) is 38.0 Å². The molecule has 2 aromatic rings. The van der Waals surface area contributed by atoms with Crippen molar-refractivity contribution in [3.8, 4) is 0 Å². The predicted molar refractivity (Wildman–Crippen MR) is 213 cm³/mol. The number of hydrogen-bond acceptors (Lipinski definition) is 18. The lowest BCUT2D eigenvalue weighted by Gasteiger charge is -2.39. The van der Waals surface area contributed by atoms with Crippen LogP contribution in [0, 0.1) is 0 Å². The van der Waals surface area contributed by atoms with Gasteiger partial charge in [-0.25, -0.2) is 9.13 Å². The minimum absolute atomic E-state index is 0.515. The van der Waals surface area contributed by atoms with E-state index < -0.39 is 35.2 Å². The van der Waals surface area contributed by atoms with Crippen molar-refractivity contribution in [3.63, 3.8) is 0 Å². The fraction of sp³-hybridized carbons (Fsp3) is 0.812. The van der Waals surface area contributed by atoms with Crippen molar-refractivity contribution in [2.75, 3.05) is 136 Å². The van der Waals surface area contributed by atoms with Crippen molar-refractivity contribution in [3.05, 3.63) is 38.0 Å². The molecule has 0 atom stereocenters. The van der Waals surface area contributed by atoms with Crippen LogP contribution in [0.4, 0.5) is 0 Å². The standard InChI is InChI=1S/C18H42N4O5Si2.C14H26N6O5Si2/c1-19-7-11-21(12-8-19)15-17-28(23-3,24-4)27-29(25-5,26-6)18-16-22-13-9-20(2)10-14-22;1-21-26(22-2,7-5-19-11-15-9-16-12-19)25-27(23-3,24-4)8-6-20-13-17-10-18-14-20/h7-18H2,1-6H3;9-14H,5-8H2,1-4H3/q;+2. The second-order valence-electron chi connectivity index (χ2n) is 13.6. The third-order valence-corrected chi connectivity index (χ3v) is 23.5. The molecule has 20 nitrogen and oxygen atoms in total. The van der Waals surface area contributed by atoms with Gasteiger partial charge >= 0.3 is 35.2 Å². The summed E-state index contributed by atoms with van der Waals surface area (Å²) in [5.74, 6) is 0. The molecule has 2 saturated heterocycles. The van der Waals surface area contributed by atoms with Gasteiger partial charge in [0.2, 0.25) is 25.3 Å². The zero-order chi connectivity index (χ0) is 40.9. The molecule has 0 radical (unpaired) electrons. The molecule has 4 rings (SSSR count). The van der Waals surface area contributed by atoms with Crippen LogP contribution >= 0.6 is 0 Å². The van der Waals surface area contributed by atoms with Crippen molar-refractivity contribution in [1.82, 2.24) is 39.5 Å². The normalized spacial score (nSPS) is 17.2. The molecule has 0 amide bonds. The monoisotopic (exact) mass is 864 g/mol. The van der Waals surface area contributed by atoms with Gasteiger partial charge < -0.3 is 63.2 Å². The van der Waals surface area contributed by atoms with Crippen LogP contribution < -0.4 is 9.13 Å². The van der Waals surface area contributed by atoms with Gasteiger partial charge in [0.1, 0.15) is 0 Å². The smallest absolute Gasteiger partial charge is 0.377 e. The highest BCUT2D eigenvalue weighted by molar-refractivity contribution is 6.75. The molecule has 2 aromatic heterocycles. The number of rotatable bonds is 24. The summed E-state index contributed by atoms with van der Waals surface area (Å²) in [5.41, 5.74) is 0. The number of nitrogens with zero attached hydrogens (tertiary/aromatic N) is 10. The number of piperazine rings is 2. The van der Waals surface area contributed by atoms with Crippen LogP contribution in [0.1, 0.15) is 0 Å². The van der Waals surface area contributed by atoms with Crippen LogP contribution in [-0.4, -0.2) is 211 Å². The molecule has 0 saturated carbocycles. The summed E-state index contributed by atoms with van der Waals surface area (Å²) in [6.45, 7) is 11.6. The van der Waals surface area contributed by atoms with E-state index in [1.165, 1.54) is 12.7 Å². The molecule has 0 unspecified atom stereocenters. The molecular weight excluding hydrogens is 797 g/mol. The Hall–Kier alpha value is -1.67. The van der Waals surface area contributed by atoms with E-state index in [1.54, 1.807) is 82.2 Å². The van der Waals surface area contributed by atoms with Crippen molar-refractivity contribution in [2.24, 2.45) is 0 Å². The molecule has 0 spiro atoms. The third-order valence-electron chi connectivity index (χ3n) is 10.2. The first-order chi connectivity index (χ1) is 27.0. The molecule has 0 N–H and O–H groups in total. The molecule has 2 aliphatic rings. The maximum atomic E-state index is 6.56. The molecule has 4 heterocycles. The van der Waals surface area contributed by atoms with Gasteiger partial charge in [0.05, 0.1) is 13.1 Å². The Morgan fingerprint density at radius 3 is 0.964 bits per heavy atom. The largest absolute Gasteiger partial charge is 0.496 e. The Bertz CT molecular complexity index is 1220. The van der Waals surface area contributed by atoms with Gasteiger partial charge in [-0.15, -0.1) is 0 Å². The summed E-state index contributed by atoms with van der Waals surface area (Å²) in [7, 11) is 5.51. The summed E-state index contributed by atoms with van der Waals surface area (Å²) in [6, 6.07) is 2.50. The third kappa shape index (κ3) is 15.5. The molecule has 0 aliphatic carbocycles. The number of aryl methyl sites for hydroxylation is 2. The highest BCUT2D eigenvalue weighted by Crippen LogP contribution is 2.26. The van der Waals surface area contributed by atoms with Gasteiger partial charge in [-0.05, 0) is 14.1 Å². The molecule has 24 heteroatoms. The molecular formula is C32H68N10O10Si4+2. The van der Waals surface area contributed by atoms with Gasteiger partial charge in [0.15, 0.2) is 0 Å². The molecule has 56 heavy (non-hydrogen) atoms. The molecule has 2 fully saturated rings. The van der Waals surface area contributed by atoms with Crippen molar-refractivity contribution >= 4 is 35.2 Å². The summed E-state index contributed by atoms with van der Waals surface area (Å²) >= 11 is 0. The first-order valence-corrected chi connectivity index (χ1v) is 26.6. The molecule has 0 bridgehead atoms. The highest BCUT2D eigenvalue weighted by Gasteiger charge is 2.53. The van der Waals surface area contributed by atoms with Crippen LogP contribution in [0.2, 0.25) is 24.2 Å². The van der Waals surface area contributed by atoms with Crippen molar-refractivity contribution < 1.29 is 52.8 Å². The summed E-state index contributed by atoms with van der Waals surface area (Å²) in [4.78, 5) is 25.6. The summed E-state index contributed by atoms with van der Waals surface area (Å²) in [5, 5.41) is 0. The fourth-order valence-electron chi connectivity index (χ4n) is 6.26. The van der Waals surface area contributed by atoms with Gasteiger partial charge in [-0.2, -0.15) is 0 Å². The lowest BCUT2D eigenvalue weighted by molar-refractivity contribution is -0.699. The number of aromatic nitrogens is 6. The van der Waals surface area contributed by atoms with E-state index >= 15 is 0 Å². The Kier molecular flexibility index (Phi) is 21.8. The van der Waals surface area contributed by atoms with E-state index in [-0.39, 0.29) is 0 Å². The summed E-state index contributed by atoms with van der Waals surface area (Å²) in [6.07, 6.45) is 9.68. The van der Waals surface area contributed by atoms with Gasteiger partial charge in [-0.3, -0.25) is 0 Å². The minimum atomic E-state index is -3.05. The predicted octanol–water partition coefficient (Wildman–Crippen LogP) is -1.02. The quantitative estimate of drug-likeness (QED) is 0.0930. The van der Waals surface area contributed by atoms with Crippen LogP contribution in [0.3, 0.4) is 0 Å². The van der Waals surface area contributed by atoms with Gasteiger partial charge in [-0.1, -0.05) is 19.9 Å². The number of likely N-dealkylation sites (N-methyl/N-ethyl adjacent to an activating group) is 2.